The zero-order valence-electron chi connectivity index (χ0n) is 15.3. The number of carbonyl (C=O) groups is 2. The van der Waals surface area contributed by atoms with Gasteiger partial charge >= 0.3 is 0 Å². The predicted octanol–water partition coefficient (Wildman–Crippen LogP) is 2.64. The van der Waals surface area contributed by atoms with E-state index < -0.39 is 10.0 Å². The fraction of sp³-hybridized carbons (Fsp3) is 0.263. The summed E-state index contributed by atoms with van der Waals surface area (Å²) < 4.78 is 27.8. The van der Waals surface area contributed by atoms with Crippen LogP contribution in [0, 0.1) is 0 Å². The maximum absolute atomic E-state index is 12.9. The van der Waals surface area contributed by atoms with Gasteiger partial charge in [-0.3, -0.25) is 9.59 Å². The zero-order chi connectivity index (χ0) is 20.6. The lowest BCUT2D eigenvalue weighted by Crippen LogP contribution is -2.50. The van der Waals surface area contributed by atoms with Crippen LogP contribution in [0.15, 0.2) is 56.7 Å². The van der Waals surface area contributed by atoms with Crippen molar-refractivity contribution in [1.29, 1.82) is 0 Å². The number of thioether (sulfide) groups is 1. The van der Waals surface area contributed by atoms with E-state index >= 15 is 0 Å². The molecule has 0 unspecified atom stereocenters. The molecule has 0 radical (unpaired) electrons. The van der Waals surface area contributed by atoms with Gasteiger partial charge in [-0.05, 0) is 42.5 Å². The second-order valence-electron chi connectivity index (χ2n) is 6.70. The topological polar surface area (TPSA) is 86.8 Å². The van der Waals surface area contributed by atoms with Crippen molar-refractivity contribution in [3.8, 4) is 0 Å². The smallest absolute Gasteiger partial charge is 0.254 e. The summed E-state index contributed by atoms with van der Waals surface area (Å²) in [6.45, 7) is 1.10. The first-order chi connectivity index (χ1) is 13.8. The van der Waals surface area contributed by atoms with E-state index in [1.807, 2.05) is 6.07 Å². The number of hydrogen-bond donors (Lipinski definition) is 1. The Labute approximate surface area is 181 Å². The Morgan fingerprint density at radius 3 is 2.41 bits per heavy atom. The lowest BCUT2D eigenvalue weighted by atomic mass is 10.1. The molecule has 2 aromatic rings. The van der Waals surface area contributed by atoms with E-state index in [1.165, 1.54) is 16.1 Å². The summed E-state index contributed by atoms with van der Waals surface area (Å²) in [4.78, 5) is 27.3. The fourth-order valence-electron chi connectivity index (χ4n) is 3.29. The summed E-state index contributed by atoms with van der Waals surface area (Å²) in [7, 11) is -3.59. The number of fused-ring (bicyclic) bond motifs is 1. The van der Waals surface area contributed by atoms with Gasteiger partial charge in [0, 0.05) is 41.1 Å². The van der Waals surface area contributed by atoms with Crippen LogP contribution >= 0.6 is 27.7 Å². The molecule has 0 spiro atoms. The lowest BCUT2D eigenvalue weighted by molar-refractivity contribution is -0.113. The molecular formula is C19H18BrN3O4S2. The van der Waals surface area contributed by atoms with E-state index in [2.05, 4.69) is 21.2 Å². The number of amides is 2. The maximum Gasteiger partial charge on any atom is 0.254 e. The third-order valence-corrected chi connectivity index (χ3v) is 8.35. The molecule has 0 aromatic heterocycles. The molecule has 152 valence electrons. The molecule has 1 N–H and O–H groups in total. The van der Waals surface area contributed by atoms with Crippen molar-refractivity contribution in [2.24, 2.45) is 0 Å². The molecule has 29 heavy (non-hydrogen) atoms. The van der Waals surface area contributed by atoms with Gasteiger partial charge in [-0.1, -0.05) is 15.9 Å². The summed E-state index contributed by atoms with van der Waals surface area (Å²) >= 11 is 4.74. The number of nitrogens with zero attached hydrogens (tertiary/aromatic N) is 2. The monoisotopic (exact) mass is 495 g/mol. The van der Waals surface area contributed by atoms with E-state index in [1.54, 1.807) is 41.3 Å². The quantitative estimate of drug-likeness (QED) is 0.706. The number of anilines is 1. The van der Waals surface area contributed by atoms with Crippen molar-refractivity contribution in [3.63, 3.8) is 0 Å². The van der Waals surface area contributed by atoms with Crippen LogP contribution in [0.3, 0.4) is 0 Å². The Bertz CT molecular complexity index is 1070. The van der Waals surface area contributed by atoms with Gasteiger partial charge in [-0.25, -0.2) is 8.42 Å². The molecule has 2 aliphatic rings. The number of carbonyl (C=O) groups excluding carboxylic acids is 2. The van der Waals surface area contributed by atoms with Crippen molar-refractivity contribution in [3.05, 3.63) is 52.5 Å². The van der Waals surface area contributed by atoms with Crippen LogP contribution in [0.4, 0.5) is 5.69 Å². The van der Waals surface area contributed by atoms with Crippen molar-refractivity contribution >= 4 is 55.2 Å². The fourth-order valence-corrected chi connectivity index (χ4v) is 5.76. The van der Waals surface area contributed by atoms with Gasteiger partial charge in [-0.15, -0.1) is 11.8 Å². The largest absolute Gasteiger partial charge is 0.336 e. The molecule has 0 atom stereocenters. The van der Waals surface area contributed by atoms with Crippen LogP contribution in [0.25, 0.3) is 0 Å². The molecule has 2 heterocycles. The zero-order valence-corrected chi connectivity index (χ0v) is 18.5. The van der Waals surface area contributed by atoms with Crippen LogP contribution in [-0.4, -0.2) is 61.4 Å². The van der Waals surface area contributed by atoms with Gasteiger partial charge in [-0.2, -0.15) is 4.31 Å². The average molecular weight is 496 g/mol. The highest BCUT2D eigenvalue weighted by Crippen LogP contribution is 2.32. The third kappa shape index (κ3) is 4.20. The third-order valence-electron chi connectivity index (χ3n) is 4.84. The van der Waals surface area contributed by atoms with Gasteiger partial charge in [0.2, 0.25) is 15.9 Å². The molecule has 0 aliphatic carbocycles. The Hall–Kier alpha value is -1.88. The van der Waals surface area contributed by atoms with Crippen molar-refractivity contribution in [2.45, 2.75) is 9.79 Å². The van der Waals surface area contributed by atoms with Crippen LogP contribution in [0.5, 0.6) is 0 Å². The summed E-state index contributed by atoms with van der Waals surface area (Å²) in [5, 5.41) is 2.79. The van der Waals surface area contributed by atoms with Gasteiger partial charge in [0.1, 0.15) is 0 Å². The summed E-state index contributed by atoms with van der Waals surface area (Å²) in [5.74, 6) is 0.118. The standard InChI is InChI=1S/C19H18BrN3O4S2/c20-14-2-4-15(5-3-14)29(26,27)23-9-7-22(8-10-23)19(25)13-1-6-17-16(11-13)21-18(24)12-28-17/h1-6,11H,7-10,12H2,(H,21,24). The van der Waals surface area contributed by atoms with E-state index in [4.69, 9.17) is 0 Å². The van der Waals surface area contributed by atoms with E-state index in [9.17, 15) is 18.0 Å². The normalized spacial score (nSPS) is 17.6. The van der Waals surface area contributed by atoms with Crippen LogP contribution in [-0.2, 0) is 14.8 Å². The molecule has 7 nitrogen and oxygen atoms in total. The Morgan fingerprint density at radius 2 is 1.72 bits per heavy atom. The number of benzene rings is 2. The van der Waals surface area contributed by atoms with E-state index in [-0.39, 0.29) is 29.8 Å². The second-order valence-corrected chi connectivity index (χ2v) is 10.6. The average Bonchev–Trinajstić information content (AvgIpc) is 2.73. The Kier molecular flexibility index (Phi) is 5.69. The summed E-state index contributed by atoms with van der Waals surface area (Å²) in [5.41, 5.74) is 1.13. The lowest BCUT2D eigenvalue weighted by Gasteiger charge is -2.34. The number of nitrogens with one attached hydrogen (secondary N) is 1. The minimum atomic E-state index is -3.59. The number of sulfonamides is 1. The Balaban J connectivity index is 1.44. The molecule has 0 bridgehead atoms. The van der Waals surface area contributed by atoms with E-state index in [0.29, 0.717) is 30.1 Å². The first kappa shape index (κ1) is 20.4. The van der Waals surface area contributed by atoms with Gasteiger partial charge < -0.3 is 10.2 Å². The molecule has 2 aliphatic heterocycles. The van der Waals surface area contributed by atoms with Crippen LogP contribution in [0.1, 0.15) is 10.4 Å². The molecular weight excluding hydrogens is 478 g/mol. The van der Waals surface area contributed by atoms with Gasteiger partial charge in [0.05, 0.1) is 16.3 Å². The summed E-state index contributed by atoms with van der Waals surface area (Å²) in [6.07, 6.45) is 0. The molecule has 10 heteroatoms. The summed E-state index contributed by atoms with van der Waals surface area (Å²) in [6, 6.07) is 11.8. The predicted molar refractivity (Wildman–Crippen MR) is 115 cm³/mol. The first-order valence-electron chi connectivity index (χ1n) is 8.96. The Morgan fingerprint density at radius 1 is 1.03 bits per heavy atom. The van der Waals surface area contributed by atoms with Gasteiger partial charge in [0.15, 0.2) is 0 Å². The molecule has 1 saturated heterocycles. The minimum absolute atomic E-state index is 0.0844. The van der Waals surface area contributed by atoms with Crippen LogP contribution in [0.2, 0.25) is 0 Å². The molecule has 0 saturated carbocycles. The SMILES string of the molecule is O=C1CSc2ccc(C(=O)N3CCN(S(=O)(=O)c4ccc(Br)cc4)CC3)cc2N1. The molecule has 2 amide bonds. The maximum atomic E-state index is 12.9. The second kappa shape index (κ2) is 8.10. The molecule has 1 fully saturated rings. The van der Waals surface area contributed by atoms with Crippen molar-refractivity contribution in [2.75, 3.05) is 37.2 Å². The van der Waals surface area contributed by atoms with Gasteiger partial charge in [0.25, 0.3) is 5.91 Å². The number of piperazine rings is 1. The highest BCUT2D eigenvalue weighted by Gasteiger charge is 2.30. The highest BCUT2D eigenvalue weighted by molar-refractivity contribution is 9.10. The first-order valence-corrected chi connectivity index (χ1v) is 12.2. The van der Waals surface area contributed by atoms with E-state index in [0.717, 1.165) is 9.37 Å². The molecule has 4 rings (SSSR count). The van der Waals surface area contributed by atoms with Crippen molar-refractivity contribution < 1.29 is 18.0 Å². The minimum Gasteiger partial charge on any atom is -0.336 e. The molecule has 2 aromatic carbocycles. The van der Waals surface area contributed by atoms with Crippen LogP contribution < -0.4 is 5.32 Å². The highest BCUT2D eigenvalue weighted by atomic mass is 79.9. The number of halogens is 1. The number of rotatable bonds is 3. The van der Waals surface area contributed by atoms with Crippen molar-refractivity contribution in [1.82, 2.24) is 9.21 Å². The number of hydrogen-bond acceptors (Lipinski definition) is 5.